The number of halogens is 1. The summed E-state index contributed by atoms with van der Waals surface area (Å²) in [6.07, 6.45) is 0.406. The Kier molecular flexibility index (Phi) is 7.80. The normalized spacial score (nSPS) is 11.2. The molecule has 0 saturated carbocycles. The van der Waals surface area contributed by atoms with Gasteiger partial charge in [0.15, 0.2) is 5.13 Å². The molecule has 0 saturated heterocycles. The van der Waals surface area contributed by atoms with Gasteiger partial charge >= 0.3 is 0 Å². The van der Waals surface area contributed by atoms with E-state index in [2.05, 4.69) is 5.10 Å². The summed E-state index contributed by atoms with van der Waals surface area (Å²) in [6.45, 7) is 7.10. The molecule has 0 unspecified atom stereocenters. The molecule has 0 aliphatic heterocycles. The highest BCUT2D eigenvalue weighted by molar-refractivity contribution is 7.99. The largest absolute Gasteiger partial charge is 0.497 e. The minimum atomic E-state index is 0.0466. The Hall–Kier alpha value is -2.55. The highest BCUT2D eigenvalue weighted by Gasteiger charge is 2.21. The van der Waals surface area contributed by atoms with Crippen LogP contribution in [0.4, 0.5) is 5.13 Å². The number of hydrogen-bond donors (Lipinski definition) is 0. The number of ether oxygens (including phenoxy) is 1. The Morgan fingerprint density at radius 1 is 1.18 bits per heavy atom. The fourth-order valence-corrected chi connectivity index (χ4v) is 6.05. The lowest BCUT2D eigenvalue weighted by Crippen LogP contribution is -2.34. The lowest BCUT2D eigenvalue weighted by Gasteiger charge is -2.20. The molecule has 0 fully saturated rings. The SMILES string of the molecule is COc1ccc(SCCC(=O)N(CCn2nc(C)cc2C)c2nc3c(C)cc(Cl)cc3s2)cc1. The van der Waals surface area contributed by atoms with E-state index < -0.39 is 0 Å². The number of methoxy groups -OCH3 is 1. The van der Waals surface area contributed by atoms with E-state index in [9.17, 15) is 4.79 Å². The number of aryl methyl sites for hydroxylation is 3. The maximum atomic E-state index is 13.4. The first-order valence-corrected chi connectivity index (χ1v) is 13.2. The maximum Gasteiger partial charge on any atom is 0.229 e. The van der Waals surface area contributed by atoms with Crippen LogP contribution in [0.1, 0.15) is 23.4 Å². The van der Waals surface area contributed by atoms with E-state index >= 15 is 0 Å². The molecule has 0 atom stereocenters. The smallest absolute Gasteiger partial charge is 0.229 e. The predicted molar refractivity (Wildman–Crippen MR) is 142 cm³/mol. The molecule has 6 nitrogen and oxygen atoms in total. The Bertz CT molecular complexity index is 1300. The first kappa shape index (κ1) is 24.6. The van der Waals surface area contributed by atoms with Crippen LogP contribution in [0.2, 0.25) is 5.02 Å². The summed E-state index contributed by atoms with van der Waals surface area (Å²) in [5.41, 5.74) is 3.94. The average Bonchev–Trinajstić information content (AvgIpc) is 3.36. The molecule has 0 aliphatic carbocycles. The molecule has 4 rings (SSSR count). The molecule has 0 spiro atoms. The van der Waals surface area contributed by atoms with Crippen LogP contribution in [0, 0.1) is 20.8 Å². The molecule has 0 N–H and O–H groups in total. The first-order chi connectivity index (χ1) is 16.3. The van der Waals surface area contributed by atoms with E-state index in [0.29, 0.717) is 35.4 Å². The molecule has 34 heavy (non-hydrogen) atoms. The van der Waals surface area contributed by atoms with Gasteiger partial charge in [-0.25, -0.2) is 4.98 Å². The number of thiazole rings is 1. The lowest BCUT2D eigenvalue weighted by molar-refractivity contribution is -0.118. The monoisotopic (exact) mass is 514 g/mol. The molecule has 2 aromatic carbocycles. The molecule has 2 heterocycles. The van der Waals surface area contributed by atoms with Gasteiger partial charge in [-0.3, -0.25) is 14.4 Å². The number of nitrogens with zero attached hydrogens (tertiary/aromatic N) is 4. The number of benzene rings is 2. The number of rotatable bonds is 9. The second kappa shape index (κ2) is 10.8. The van der Waals surface area contributed by atoms with Gasteiger partial charge in [0, 0.05) is 34.3 Å². The summed E-state index contributed by atoms with van der Waals surface area (Å²) in [7, 11) is 1.65. The molecular formula is C25H27ClN4O2S2. The molecular weight excluding hydrogens is 488 g/mol. The summed E-state index contributed by atoms with van der Waals surface area (Å²) >= 11 is 9.41. The van der Waals surface area contributed by atoms with Gasteiger partial charge in [-0.15, -0.1) is 11.8 Å². The molecule has 0 aliphatic rings. The predicted octanol–water partition coefficient (Wildman–Crippen LogP) is 6.30. The summed E-state index contributed by atoms with van der Waals surface area (Å²) < 4.78 is 8.14. The third kappa shape index (κ3) is 5.74. The number of aromatic nitrogens is 3. The number of anilines is 1. The van der Waals surface area contributed by atoms with Crippen molar-refractivity contribution in [3.63, 3.8) is 0 Å². The number of amides is 1. The number of thioether (sulfide) groups is 1. The van der Waals surface area contributed by atoms with Crippen LogP contribution in [0.3, 0.4) is 0 Å². The van der Waals surface area contributed by atoms with Crippen LogP contribution < -0.4 is 9.64 Å². The first-order valence-electron chi connectivity index (χ1n) is 11.0. The molecule has 1 amide bonds. The topological polar surface area (TPSA) is 60.2 Å². The van der Waals surface area contributed by atoms with Gasteiger partial charge in [0.05, 0.1) is 29.6 Å². The van der Waals surface area contributed by atoms with Gasteiger partial charge in [0.1, 0.15) is 5.75 Å². The Morgan fingerprint density at radius 2 is 1.94 bits per heavy atom. The summed E-state index contributed by atoms with van der Waals surface area (Å²) in [5.74, 6) is 1.55. The highest BCUT2D eigenvalue weighted by Crippen LogP contribution is 2.33. The summed E-state index contributed by atoms with van der Waals surface area (Å²) in [6, 6.07) is 13.7. The third-order valence-corrected chi connectivity index (χ3v) is 7.71. The summed E-state index contributed by atoms with van der Waals surface area (Å²) in [4.78, 5) is 21.1. The van der Waals surface area contributed by atoms with Gasteiger partial charge in [0.2, 0.25) is 5.91 Å². The maximum absolute atomic E-state index is 13.4. The quantitative estimate of drug-likeness (QED) is 0.245. The van der Waals surface area contributed by atoms with Crippen LogP contribution in [0.15, 0.2) is 47.4 Å². The zero-order valence-electron chi connectivity index (χ0n) is 19.7. The number of fused-ring (bicyclic) bond motifs is 1. The van der Waals surface area contributed by atoms with Crippen molar-refractivity contribution < 1.29 is 9.53 Å². The highest BCUT2D eigenvalue weighted by atomic mass is 35.5. The van der Waals surface area contributed by atoms with E-state index in [1.54, 1.807) is 23.8 Å². The molecule has 0 radical (unpaired) electrons. The molecule has 178 valence electrons. The molecule has 4 aromatic rings. The fraction of sp³-hybridized carbons (Fsp3) is 0.320. The van der Waals surface area contributed by atoms with Crippen molar-refractivity contribution >= 4 is 56.0 Å². The standard InChI is InChI=1S/C25H27ClN4O2S2/c1-16-13-19(26)15-22-24(16)27-25(34-22)29(10-11-30-18(3)14-17(2)28-30)23(31)9-12-33-21-7-5-20(32-4)6-8-21/h5-8,13-15H,9-12H2,1-4H3. The minimum Gasteiger partial charge on any atom is -0.497 e. The summed E-state index contributed by atoms with van der Waals surface area (Å²) in [5, 5.41) is 5.92. The Morgan fingerprint density at radius 3 is 2.62 bits per heavy atom. The van der Waals surface area contributed by atoms with Crippen molar-refractivity contribution in [2.24, 2.45) is 0 Å². The van der Waals surface area contributed by atoms with Gasteiger partial charge in [-0.1, -0.05) is 22.9 Å². The fourth-order valence-electron chi connectivity index (χ4n) is 3.74. The molecule has 2 aromatic heterocycles. The Balaban J connectivity index is 1.51. The Labute approximate surface area is 212 Å². The molecule has 9 heteroatoms. The lowest BCUT2D eigenvalue weighted by atomic mass is 10.2. The third-order valence-electron chi connectivity index (χ3n) is 5.45. The van der Waals surface area contributed by atoms with E-state index in [1.807, 2.05) is 67.9 Å². The number of carbonyl (C=O) groups is 1. The van der Waals surface area contributed by atoms with Crippen LogP contribution in [-0.4, -0.2) is 40.1 Å². The second-order valence-corrected chi connectivity index (χ2v) is 10.6. The number of hydrogen-bond acceptors (Lipinski definition) is 6. The van der Waals surface area contributed by atoms with Crippen molar-refractivity contribution in [2.75, 3.05) is 24.3 Å². The van der Waals surface area contributed by atoms with Gasteiger partial charge in [-0.2, -0.15) is 5.10 Å². The molecule has 0 bridgehead atoms. The van der Waals surface area contributed by atoms with Crippen molar-refractivity contribution in [3.05, 3.63) is 64.4 Å². The van der Waals surface area contributed by atoms with Crippen LogP contribution in [-0.2, 0) is 11.3 Å². The van der Waals surface area contributed by atoms with Crippen LogP contribution in [0.5, 0.6) is 5.75 Å². The van der Waals surface area contributed by atoms with Crippen LogP contribution >= 0.6 is 34.7 Å². The van der Waals surface area contributed by atoms with E-state index in [-0.39, 0.29) is 5.91 Å². The van der Waals surface area contributed by atoms with Crippen molar-refractivity contribution in [3.8, 4) is 5.75 Å². The zero-order valence-corrected chi connectivity index (χ0v) is 22.1. The van der Waals surface area contributed by atoms with E-state index in [4.69, 9.17) is 21.3 Å². The van der Waals surface area contributed by atoms with Gasteiger partial charge < -0.3 is 4.74 Å². The average molecular weight is 515 g/mol. The second-order valence-electron chi connectivity index (χ2n) is 8.04. The van der Waals surface area contributed by atoms with Crippen LogP contribution in [0.25, 0.3) is 10.2 Å². The minimum absolute atomic E-state index is 0.0466. The van der Waals surface area contributed by atoms with Crippen molar-refractivity contribution in [1.29, 1.82) is 0 Å². The van der Waals surface area contributed by atoms with Gasteiger partial charge in [0.25, 0.3) is 0 Å². The van der Waals surface area contributed by atoms with Crippen molar-refractivity contribution in [1.82, 2.24) is 14.8 Å². The number of carbonyl (C=O) groups excluding carboxylic acids is 1. The van der Waals surface area contributed by atoms with E-state index in [0.717, 1.165) is 37.8 Å². The zero-order chi connectivity index (χ0) is 24.2. The van der Waals surface area contributed by atoms with E-state index in [1.165, 1.54) is 11.3 Å². The van der Waals surface area contributed by atoms with Crippen molar-refractivity contribution in [2.45, 2.75) is 38.6 Å². The van der Waals surface area contributed by atoms with Gasteiger partial charge in [-0.05, 0) is 68.8 Å².